The molecule has 70 valence electrons. The monoisotopic (exact) mass is 246 g/mol. The van der Waals surface area contributed by atoms with Crippen molar-refractivity contribution in [3.8, 4) is 0 Å². The van der Waals surface area contributed by atoms with E-state index in [1.807, 2.05) is 0 Å². The van der Waals surface area contributed by atoms with Crippen molar-refractivity contribution < 1.29 is 14.3 Å². The average Bonchev–Trinajstić information content (AvgIpc) is 2.04. The Morgan fingerprint density at radius 1 is 1.62 bits per heavy atom. The molecule has 0 bridgehead atoms. The number of carbonyl (C=O) groups is 1. The van der Waals surface area contributed by atoms with E-state index in [-0.39, 0.29) is 0 Å². The number of hydrogen-bond acceptors (Lipinski definition) is 1. The first-order valence-corrected chi connectivity index (χ1v) is 4.48. The molecule has 0 heterocycles. The van der Waals surface area contributed by atoms with Crippen LogP contribution in [0.1, 0.15) is 11.5 Å². The summed E-state index contributed by atoms with van der Waals surface area (Å²) in [5.41, 5.74) is 0.476. The summed E-state index contributed by atoms with van der Waals surface area (Å²) in [5, 5.41) is 8.66. The maximum Gasteiger partial charge on any atom is 0.313 e. The van der Waals surface area contributed by atoms with Crippen LogP contribution in [-0.4, -0.2) is 17.8 Å². The number of carboxylic acid groups (broad SMARTS) is 1. The summed E-state index contributed by atoms with van der Waals surface area (Å²) >= 11 is 3.19. The third kappa shape index (κ3) is 2.52. The first kappa shape index (κ1) is 10.2. The number of benzene rings is 1. The highest BCUT2D eigenvalue weighted by Gasteiger charge is 2.19. The summed E-state index contributed by atoms with van der Waals surface area (Å²) in [6.45, 7) is -0.883. The second-order valence-corrected chi connectivity index (χ2v) is 3.52. The van der Waals surface area contributed by atoms with Gasteiger partial charge in [-0.15, -0.1) is 0 Å². The highest BCUT2D eigenvalue weighted by Crippen LogP contribution is 2.20. The molecular formula is C9H8BrFO2. The van der Waals surface area contributed by atoms with Crippen molar-refractivity contribution >= 4 is 21.9 Å². The minimum Gasteiger partial charge on any atom is -0.481 e. The van der Waals surface area contributed by atoms with Crippen molar-refractivity contribution in [1.29, 1.82) is 0 Å². The molecule has 0 aliphatic heterocycles. The van der Waals surface area contributed by atoms with Crippen LogP contribution in [0.25, 0.3) is 0 Å². The van der Waals surface area contributed by atoms with E-state index in [1.54, 1.807) is 24.3 Å². The Kier molecular flexibility index (Phi) is 3.42. The molecule has 1 atom stereocenters. The van der Waals surface area contributed by atoms with Crippen molar-refractivity contribution in [3.63, 3.8) is 0 Å². The van der Waals surface area contributed by atoms with Crippen molar-refractivity contribution in [1.82, 2.24) is 0 Å². The van der Waals surface area contributed by atoms with Crippen LogP contribution < -0.4 is 0 Å². The third-order valence-electron chi connectivity index (χ3n) is 1.70. The Morgan fingerprint density at radius 3 is 2.77 bits per heavy atom. The molecule has 1 aromatic rings. The summed E-state index contributed by atoms with van der Waals surface area (Å²) < 4.78 is 13.1. The van der Waals surface area contributed by atoms with E-state index in [1.165, 1.54) is 0 Å². The van der Waals surface area contributed by atoms with E-state index in [9.17, 15) is 9.18 Å². The van der Waals surface area contributed by atoms with Crippen LogP contribution in [0.3, 0.4) is 0 Å². The fourth-order valence-electron chi connectivity index (χ4n) is 1.02. The summed E-state index contributed by atoms with van der Waals surface area (Å²) in [6.07, 6.45) is 0. The number of rotatable bonds is 3. The molecule has 1 unspecified atom stereocenters. The molecule has 1 N–H and O–H groups in total. The summed E-state index contributed by atoms with van der Waals surface area (Å²) in [7, 11) is 0. The van der Waals surface area contributed by atoms with Crippen LogP contribution >= 0.6 is 15.9 Å². The highest BCUT2D eigenvalue weighted by molar-refractivity contribution is 9.10. The first-order valence-electron chi connectivity index (χ1n) is 3.69. The quantitative estimate of drug-likeness (QED) is 0.891. The fraction of sp³-hybridized carbons (Fsp3) is 0.222. The van der Waals surface area contributed by atoms with Crippen molar-refractivity contribution in [2.75, 3.05) is 6.67 Å². The molecule has 13 heavy (non-hydrogen) atoms. The number of aliphatic carboxylic acids is 1. The number of hydrogen-bond donors (Lipinski definition) is 1. The maximum atomic E-state index is 12.3. The van der Waals surface area contributed by atoms with Gasteiger partial charge in [-0.25, -0.2) is 4.39 Å². The molecule has 2 nitrogen and oxygen atoms in total. The van der Waals surface area contributed by atoms with Crippen LogP contribution in [0.4, 0.5) is 4.39 Å². The maximum absolute atomic E-state index is 12.3. The van der Waals surface area contributed by atoms with Gasteiger partial charge in [-0.3, -0.25) is 4.79 Å². The van der Waals surface area contributed by atoms with Crippen LogP contribution in [0, 0.1) is 0 Å². The van der Waals surface area contributed by atoms with Crippen LogP contribution in [0.15, 0.2) is 28.7 Å². The zero-order chi connectivity index (χ0) is 9.84. The number of halogens is 2. The van der Waals surface area contributed by atoms with Crippen molar-refractivity contribution in [3.05, 3.63) is 34.3 Å². The standard InChI is InChI=1S/C9H8BrFO2/c10-7-3-1-2-6(4-7)8(5-11)9(12)13/h1-4,8H,5H2,(H,12,13). The van der Waals surface area contributed by atoms with Gasteiger partial charge in [0.25, 0.3) is 0 Å². The second-order valence-electron chi connectivity index (χ2n) is 2.60. The predicted molar refractivity (Wildman–Crippen MR) is 50.5 cm³/mol. The SMILES string of the molecule is O=C(O)C(CF)c1cccc(Br)c1. The van der Waals surface area contributed by atoms with Gasteiger partial charge < -0.3 is 5.11 Å². The first-order chi connectivity index (χ1) is 6.15. The van der Waals surface area contributed by atoms with Crippen LogP contribution in [0.2, 0.25) is 0 Å². The Balaban J connectivity index is 2.98. The van der Waals surface area contributed by atoms with E-state index >= 15 is 0 Å². The zero-order valence-electron chi connectivity index (χ0n) is 6.71. The third-order valence-corrected chi connectivity index (χ3v) is 2.20. The Labute approximate surface area is 83.5 Å². The average molecular weight is 247 g/mol. The molecule has 4 heteroatoms. The van der Waals surface area contributed by atoms with Gasteiger partial charge in [0.2, 0.25) is 0 Å². The summed E-state index contributed by atoms with van der Waals surface area (Å²) in [5.74, 6) is -2.20. The fourth-order valence-corrected chi connectivity index (χ4v) is 1.44. The predicted octanol–water partition coefficient (Wildman–Crippen LogP) is 2.59. The summed E-state index contributed by atoms with van der Waals surface area (Å²) in [4.78, 5) is 10.6. The zero-order valence-corrected chi connectivity index (χ0v) is 8.29. The van der Waals surface area contributed by atoms with Crippen LogP contribution in [0.5, 0.6) is 0 Å². The lowest BCUT2D eigenvalue weighted by molar-refractivity contribution is -0.139. The Hall–Kier alpha value is -0.900. The van der Waals surface area contributed by atoms with E-state index in [4.69, 9.17) is 5.11 Å². The lowest BCUT2D eigenvalue weighted by Gasteiger charge is -2.07. The van der Waals surface area contributed by atoms with E-state index in [0.717, 1.165) is 4.47 Å². The molecule has 0 fully saturated rings. The molecule has 0 saturated carbocycles. The molecular weight excluding hydrogens is 239 g/mol. The van der Waals surface area contributed by atoms with Gasteiger partial charge >= 0.3 is 5.97 Å². The Morgan fingerprint density at radius 2 is 2.31 bits per heavy atom. The molecule has 0 saturated heterocycles. The van der Waals surface area contributed by atoms with Gasteiger partial charge in [-0.1, -0.05) is 28.1 Å². The number of alkyl halides is 1. The largest absolute Gasteiger partial charge is 0.481 e. The number of carboxylic acids is 1. The minimum atomic E-state index is -1.14. The Bertz CT molecular complexity index is 314. The molecule has 0 radical (unpaired) electrons. The van der Waals surface area contributed by atoms with Gasteiger partial charge in [-0.05, 0) is 17.7 Å². The molecule has 1 aromatic carbocycles. The lowest BCUT2D eigenvalue weighted by Crippen LogP contribution is -2.13. The minimum absolute atomic E-state index is 0.476. The molecule has 0 amide bonds. The van der Waals surface area contributed by atoms with E-state index in [2.05, 4.69) is 15.9 Å². The molecule has 0 aliphatic carbocycles. The smallest absolute Gasteiger partial charge is 0.313 e. The van der Waals surface area contributed by atoms with Gasteiger partial charge in [0.15, 0.2) is 0 Å². The summed E-state index contributed by atoms with van der Waals surface area (Å²) in [6, 6.07) is 6.66. The van der Waals surface area contributed by atoms with Crippen molar-refractivity contribution in [2.24, 2.45) is 0 Å². The van der Waals surface area contributed by atoms with Crippen molar-refractivity contribution in [2.45, 2.75) is 5.92 Å². The molecule has 0 aromatic heterocycles. The van der Waals surface area contributed by atoms with E-state index in [0.29, 0.717) is 5.56 Å². The van der Waals surface area contributed by atoms with Gasteiger partial charge in [-0.2, -0.15) is 0 Å². The van der Waals surface area contributed by atoms with Crippen LogP contribution in [-0.2, 0) is 4.79 Å². The van der Waals surface area contributed by atoms with E-state index < -0.39 is 18.6 Å². The second kappa shape index (κ2) is 4.37. The van der Waals surface area contributed by atoms with Gasteiger partial charge in [0.1, 0.15) is 12.6 Å². The topological polar surface area (TPSA) is 37.3 Å². The van der Waals surface area contributed by atoms with Gasteiger partial charge in [0, 0.05) is 4.47 Å². The molecule has 1 rings (SSSR count). The lowest BCUT2D eigenvalue weighted by atomic mass is 10.0. The molecule has 0 spiro atoms. The normalized spacial score (nSPS) is 12.5. The highest BCUT2D eigenvalue weighted by atomic mass is 79.9. The molecule has 0 aliphatic rings. The van der Waals surface area contributed by atoms with Gasteiger partial charge in [0.05, 0.1) is 0 Å².